The first-order chi connectivity index (χ1) is 13.1. The molecule has 6 heteroatoms. The maximum Gasteiger partial charge on any atom is 0.258 e. The Kier molecular flexibility index (Phi) is 5.74. The maximum absolute atomic E-state index is 12.8. The number of benzene rings is 2. The monoisotopic (exact) mass is 371 g/mol. The molecule has 1 aliphatic carbocycles. The second-order valence-electron chi connectivity index (χ2n) is 6.39. The van der Waals surface area contributed by atoms with Crippen LogP contribution in [0.4, 0.5) is 0 Å². The van der Waals surface area contributed by atoms with E-state index in [1.807, 2.05) is 12.1 Å². The molecule has 0 bridgehead atoms. The lowest BCUT2D eigenvalue weighted by molar-refractivity contribution is 0.0945. The number of aryl methyl sites for hydroxylation is 1. The molecule has 27 heavy (non-hydrogen) atoms. The van der Waals surface area contributed by atoms with E-state index in [0.29, 0.717) is 29.4 Å². The molecule has 2 aromatic carbocycles. The summed E-state index contributed by atoms with van der Waals surface area (Å²) in [7, 11) is 6.35. The van der Waals surface area contributed by atoms with E-state index >= 15 is 0 Å². The van der Waals surface area contributed by atoms with Gasteiger partial charge in [-0.25, -0.2) is 0 Å². The molecule has 1 aliphatic rings. The Labute approximate surface area is 159 Å². The first-order valence-corrected chi connectivity index (χ1v) is 8.86. The van der Waals surface area contributed by atoms with Crippen LogP contribution >= 0.6 is 0 Å². The van der Waals surface area contributed by atoms with Crippen LogP contribution in [0.25, 0.3) is 0 Å². The number of carbonyl (C=O) groups is 1. The molecular weight excluding hydrogens is 346 g/mol. The fraction of sp³-hybridized carbons (Fsp3) is 0.381. The normalized spacial score (nSPS) is 15.0. The Morgan fingerprint density at radius 2 is 1.56 bits per heavy atom. The van der Waals surface area contributed by atoms with Gasteiger partial charge in [0.05, 0.1) is 28.4 Å². The van der Waals surface area contributed by atoms with Crippen molar-refractivity contribution in [1.82, 2.24) is 5.32 Å². The summed E-state index contributed by atoms with van der Waals surface area (Å²) in [6, 6.07) is 9.33. The van der Waals surface area contributed by atoms with Gasteiger partial charge in [-0.3, -0.25) is 4.79 Å². The van der Waals surface area contributed by atoms with Crippen LogP contribution in [0.5, 0.6) is 23.0 Å². The largest absolute Gasteiger partial charge is 0.496 e. The molecule has 0 fully saturated rings. The molecule has 2 aromatic rings. The van der Waals surface area contributed by atoms with Crippen LogP contribution in [0.15, 0.2) is 30.3 Å². The molecule has 0 aromatic heterocycles. The van der Waals surface area contributed by atoms with Gasteiger partial charge in [0, 0.05) is 12.5 Å². The topological polar surface area (TPSA) is 66.0 Å². The van der Waals surface area contributed by atoms with Gasteiger partial charge in [-0.2, -0.15) is 0 Å². The Bertz CT molecular complexity index is 811. The van der Waals surface area contributed by atoms with Crippen molar-refractivity contribution in [3.05, 3.63) is 47.0 Å². The Hall–Kier alpha value is -2.89. The van der Waals surface area contributed by atoms with Crippen LogP contribution in [0.2, 0.25) is 0 Å². The molecule has 3 rings (SSSR count). The van der Waals surface area contributed by atoms with Crippen molar-refractivity contribution >= 4 is 5.91 Å². The van der Waals surface area contributed by atoms with Crippen LogP contribution in [-0.2, 0) is 6.42 Å². The van der Waals surface area contributed by atoms with Crippen molar-refractivity contribution < 1.29 is 23.7 Å². The standard InChI is InChI=1S/C21H25NO5/c1-24-16-6-5-7-17(25-2)20(16)21(23)22-12-14-9-8-13-10-18(26-3)19(27-4)11-15(13)14/h5-7,10-11,14H,8-9,12H2,1-4H3,(H,22,23). The number of hydrogen-bond donors (Lipinski definition) is 1. The molecule has 0 aliphatic heterocycles. The number of ether oxygens (including phenoxy) is 4. The number of methoxy groups -OCH3 is 4. The fourth-order valence-corrected chi connectivity index (χ4v) is 3.61. The highest BCUT2D eigenvalue weighted by Crippen LogP contribution is 2.40. The van der Waals surface area contributed by atoms with Crippen molar-refractivity contribution in [2.75, 3.05) is 35.0 Å². The Morgan fingerprint density at radius 1 is 0.963 bits per heavy atom. The van der Waals surface area contributed by atoms with Crippen molar-refractivity contribution in [2.45, 2.75) is 18.8 Å². The van der Waals surface area contributed by atoms with E-state index in [2.05, 4.69) is 5.32 Å². The molecule has 1 N–H and O–H groups in total. The maximum atomic E-state index is 12.8. The summed E-state index contributed by atoms with van der Waals surface area (Å²) in [4.78, 5) is 12.8. The highest BCUT2D eigenvalue weighted by Gasteiger charge is 2.26. The molecule has 1 amide bonds. The lowest BCUT2D eigenvalue weighted by Crippen LogP contribution is -2.28. The molecule has 6 nitrogen and oxygen atoms in total. The van der Waals surface area contributed by atoms with E-state index < -0.39 is 0 Å². The van der Waals surface area contributed by atoms with E-state index in [1.54, 1.807) is 46.6 Å². The lowest BCUT2D eigenvalue weighted by atomic mass is 10.0. The lowest BCUT2D eigenvalue weighted by Gasteiger charge is -2.17. The van der Waals surface area contributed by atoms with E-state index in [9.17, 15) is 4.79 Å². The minimum Gasteiger partial charge on any atom is -0.496 e. The third kappa shape index (κ3) is 3.65. The molecule has 1 atom stereocenters. The predicted molar refractivity (Wildman–Crippen MR) is 102 cm³/mol. The fourth-order valence-electron chi connectivity index (χ4n) is 3.61. The molecule has 0 saturated heterocycles. The first kappa shape index (κ1) is 18.9. The number of hydrogen-bond acceptors (Lipinski definition) is 5. The average molecular weight is 371 g/mol. The van der Waals surface area contributed by atoms with Gasteiger partial charge in [-0.15, -0.1) is 0 Å². The summed E-state index contributed by atoms with van der Waals surface area (Å²) in [5, 5.41) is 3.03. The predicted octanol–water partition coefficient (Wildman–Crippen LogP) is 3.18. The van der Waals surface area contributed by atoms with Crippen LogP contribution < -0.4 is 24.3 Å². The van der Waals surface area contributed by atoms with Gasteiger partial charge in [0.1, 0.15) is 17.1 Å². The van der Waals surface area contributed by atoms with Crippen molar-refractivity contribution in [3.8, 4) is 23.0 Å². The molecular formula is C21H25NO5. The van der Waals surface area contributed by atoms with Crippen LogP contribution in [0, 0.1) is 0 Å². The number of fused-ring (bicyclic) bond motifs is 1. The zero-order chi connectivity index (χ0) is 19.4. The van der Waals surface area contributed by atoms with Gasteiger partial charge < -0.3 is 24.3 Å². The van der Waals surface area contributed by atoms with Crippen LogP contribution in [0.3, 0.4) is 0 Å². The summed E-state index contributed by atoms with van der Waals surface area (Å²) in [6.45, 7) is 0.530. The molecule has 0 radical (unpaired) electrons. The minimum absolute atomic E-state index is 0.210. The zero-order valence-electron chi connectivity index (χ0n) is 16.1. The summed E-state index contributed by atoms with van der Waals surface area (Å²) >= 11 is 0. The van der Waals surface area contributed by atoms with Crippen LogP contribution in [0.1, 0.15) is 33.8 Å². The summed E-state index contributed by atoms with van der Waals surface area (Å²) < 4.78 is 21.4. The Morgan fingerprint density at radius 3 is 2.15 bits per heavy atom. The van der Waals surface area contributed by atoms with Crippen molar-refractivity contribution in [3.63, 3.8) is 0 Å². The molecule has 1 unspecified atom stereocenters. The van der Waals surface area contributed by atoms with E-state index in [0.717, 1.165) is 18.6 Å². The third-order valence-corrected chi connectivity index (χ3v) is 5.01. The smallest absolute Gasteiger partial charge is 0.258 e. The van der Waals surface area contributed by atoms with Gasteiger partial charge in [0.25, 0.3) is 5.91 Å². The summed E-state index contributed by atoms with van der Waals surface area (Å²) in [5.41, 5.74) is 2.84. The summed E-state index contributed by atoms with van der Waals surface area (Å²) in [6.07, 6.45) is 1.92. The van der Waals surface area contributed by atoms with E-state index in [-0.39, 0.29) is 11.8 Å². The van der Waals surface area contributed by atoms with Crippen molar-refractivity contribution in [2.24, 2.45) is 0 Å². The van der Waals surface area contributed by atoms with Crippen molar-refractivity contribution in [1.29, 1.82) is 0 Å². The number of rotatable bonds is 7. The SMILES string of the molecule is COc1cc2c(cc1OC)C(CNC(=O)c1c(OC)cccc1OC)CC2. The first-order valence-electron chi connectivity index (χ1n) is 8.86. The number of carbonyl (C=O) groups excluding carboxylic acids is 1. The van der Waals surface area contributed by atoms with Crippen LogP contribution in [-0.4, -0.2) is 40.9 Å². The molecule has 0 saturated carbocycles. The molecule has 0 spiro atoms. The average Bonchev–Trinajstić information content (AvgIpc) is 3.11. The van der Waals surface area contributed by atoms with E-state index in [1.165, 1.54) is 11.1 Å². The second kappa shape index (κ2) is 8.20. The Balaban J connectivity index is 1.77. The summed E-state index contributed by atoms with van der Waals surface area (Å²) in [5.74, 6) is 2.44. The molecule has 144 valence electrons. The van der Waals surface area contributed by atoms with E-state index in [4.69, 9.17) is 18.9 Å². The zero-order valence-corrected chi connectivity index (χ0v) is 16.1. The highest BCUT2D eigenvalue weighted by atomic mass is 16.5. The minimum atomic E-state index is -0.210. The van der Waals surface area contributed by atoms with Gasteiger partial charge in [-0.05, 0) is 48.2 Å². The molecule has 0 heterocycles. The van der Waals surface area contributed by atoms with Gasteiger partial charge in [0.15, 0.2) is 11.5 Å². The van der Waals surface area contributed by atoms with Gasteiger partial charge in [0.2, 0.25) is 0 Å². The quantitative estimate of drug-likeness (QED) is 0.810. The third-order valence-electron chi connectivity index (χ3n) is 5.01. The second-order valence-corrected chi connectivity index (χ2v) is 6.39. The number of nitrogens with one attached hydrogen (secondary N) is 1. The highest BCUT2D eigenvalue weighted by molar-refractivity contribution is 5.99. The van der Waals surface area contributed by atoms with Gasteiger partial charge >= 0.3 is 0 Å². The van der Waals surface area contributed by atoms with Gasteiger partial charge in [-0.1, -0.05) is 6.07 Å². The number of amides is 1.